The minimum absolute atomic E-state index is 0.0286. The van der Waals surface area contributed by atoms with Gasteiger partial charge in [0.15, 0.2) is 0 Å². The van der Waals surface area contributed by atoms with Crippen molar-refractivity contribution in [2.75, 3.05) is 10.2 Å². The van der Waals surface area contributed by atoms with Crippen molar-refractivity contribution in [3.63, 3.8) is 0 Å². The molecule has 0 fully saturated rings. The minimum atomic E-state index is -0.0926. The normalized spacial score (nSPS) is 12.8. The number of anilines is 5. The fourth-order valence-electron chi connectivity index (χ4n) is 16.7. The second-order valence-corrected chi connectivity index (χ2v) is 29.3. The van der Waals surface area contributed by atoms with Gasteiger partial charge in [-0.15, -0.1) is 0 Å². The van der Waals surface area contributed by atoms with E-state index in [2.05, 4.69) is 390 Å². The summed E-state index contributed by atoms with van der Waals surface area (Å²) in [6.45, 7) is 9.34. The van der Waals surface area contributed by atoms with Crippen LogP contribution in [0.2, 0.25) is 5.02 Å². The lowest BCUT2D eigenvalue weighted by Gasteiger charge is -2.28. The van der Waals surface area contributed by atoms with E-state index in [1.807, 2.05) is 24.3 Å². The van der Waals surface area contributed by atoms with Gasteiger partial charge in [0.1, 0.15) is 0 Å². The van der Waals surface area contributed by atoms with E-state index in [1.165, 1.54) is 148 Å². The topological polar surface area (TPSA) is 15.3 Å². The van der Waals surface area contributed by atoms with Crippen LogP contribution in [0, 0.1) is 0 Å². The molecule has 0 aliphatic heterocycles. The molecule has 2 nitrogen and oxygen atoms in total. The molecular weight excluding hydrogens is 1290 g/mol. The Balaban J connectivity index is 0.000000124. The molecule has 18 aromatic rings. The molecule has 20 rings (SSSR count). The standard InChI is InChI=1S/C51H37N.C27H23N.C24H15Cl/c1-51(2)49-22-11-10-21-46(49)47-30-28-40(33-50(47)51)52(38-26-23-35(24-27-38)34-13-4-3-5-14-34)39-16-12-15-36(31-39)37-25-29-45-43-19-7-6-17-41(43)42-18-8-9-20-44(42)48(45)32-37;1-27(2)25-11-7-6-10-23(25)24-17-16-22(18-26(24)27)28-21-14-12-20(13-15-21)19-8-4-3-5-9-19;25-18-7-5-6-16(14-18)17-12-13-23-21-10-2-1-8-19(21)20-9-3-4-11-22(20)24(23)15-17/h3-33H,1-2H3;3-18,28H,1-2H3;1-15H. The Hall–Kier alpha value is -12.6. The minimum Gasteiger partial charge on any atom is -0.356 e. The largest absolute Gasteiger partial charge is 0.356 e. The van der Waals surface area contributed by atoms with Crippen molar-refractivity contribution >= 4 is 105 Å². The Morgan fingerprint density at radius 1 is 0.210 bits per heavy atom. The van der Waals surface area contributed by atoms with Crippen LogP contribution in [0.4, 0.5) is 28.4 Å². The van der Waals surface area contributed by atoms with E-state index < -0.39 is 0 Å². The third-order valence-corrected chi connectivity index (χ3v) is 22.2. The highest BCUT2D eigenvalue weighted by molar-refractivity contribution is 6.31. The summed E-state index contributed by atoms with van der Waals surface area (Å²) in [4.78, 5) is 2.42. The van der Waals surface area contributed by atoms with Crippen LogP contribution >= 0.6 is 11.6 Å². The van der Waals surface area contributed by atoms with Crippen molar-refractivity contribution in [1.29, 1.82) is 0 Å². The van der Waals surface area contributed by atoms with Crippen LogP contribution in [0.3, 0.4) is 0 Å². The van der Waals surface area contributed by atoms with Gasteiger partial charge in [-0.25, -0.2) is 0 Å². The Labute approximate surface area is 619 Å². The van der Waals surface area contributed by atoms with Crippen molar-refractivity contribution in [2.24, 2.45) is 0 Å². The molecule has 0 saturated carbocycles. The predicted molar refractivity (Wildman–Crippen MR) is 451 cm³/mol. The molecule has 0 aromatic heterocycles. The van der Waals surface area contributed by atoms with Crippen LogP contribution in [0.1, 0.15) is 49.9 Å². The molecule has 105 heavy (non-hydrogen) atoms. The predicted octanol–water partition coefficient (Wildman–Crippen LogP) is 29.1. The van der Waals surface area contributed by atoms with Crippen LogP contribution in [-0.2, 0) is 10.8 Å². The van der Waals surface area contributed by atoms with Gasteiger partial charge in [-0.3, -0.25) is 0 Å². The van der Waals surface area contributed by atoms with E-state index in [1.54, 1.807) is 0 Å². The smallest absolute Gasteiger partial charge is 0.0467 e. The zero-order valence-corrected chi connectivity index (χ0v) is 59.9. The highest BCUT2D eigenvalue weighted by Crippen LogP contribution is 2.53. The van der Waals surface area contributed by atoms with Gasteiger partial charge in [0.25, 0.3) is 0 Å². The van der Waals surface area contributed by atoms with Gasteiger partial charge in [-0.2, -0.15) is 0 Å². The zero-order valence-electron chi connectivity index (χ0n) is 59.1. The summed E-state index contributed by atoms with van der Waals surface area (Å²) in [5.41, 5.74) is 26.1. The highest BCUT2D eigenvalue weighted by Gasteiger charge is 2.37. The van der Waals surface area contributed by atoms with Gasteiger partial charge < -0.3 is 10.2 Å². The number of halogens is 1. The molecule has 0 amide bonds. The number of nitrogens with zero attached hydrogens (tertiary/aromatic N) is 1. The average molecular weight is 1360 g/mol. The fourth-order valence-corrected chi connectivity index (χ4v) is 16.9. The number of hydrogen-bond donors (Lipinski definition) is 1. The number of fused-ring (bicyclic) bond motifs is 18. The Morgan fingerprint density at radius 3 is 1.02 bits per heavy atom. The van der Waals surface area contributed by atoms with E-state index in [-0.39, 0.29) is 10.8 Å². The Bertz CT molecular complexity index is 6300. The third-order valence-electron chi connectivity index (χ3n) is 22.0. The van der Waals surface area contributed by atoms with Crippen LogP contribution in [0.5, 0.6) is 0 Å². The molecule has 0 saturated heterocycles. The van der Waals surface area contributed by atoms with E-state index in [9.17, 15) is 0 Å². The van der Waals surface area contributed by atoms with Gasteiger partial charge >= 0.3 is 0 Å². The fraction of sp³-hybridized carbons (Fsp3) is 0.0588. The SMILES string of the molecule is CC1(C)c2ccccc2-c2ccc(N(c3ccc(-c4ccccc4)cc3)c3cccc(-c4ccc5c6ccccc6c6ccccc6c5c4)c3)cc21.CC1(C)c2ccccc2-c2ccc(Nc3ccc(-c4ccccc4)cc3)cc21.Clc1cccc(-c2ccc3c4ccccc4c4ccccc4c3c2)c1. The molecule has 3 heteroatoms. The molecule has 2 aliphatic carbocycles. The number of benzene rings is 18. The Kier molecular flexibility index (Phi) is 16.4. The molecule has 0 heterocycles. The third kappa shape index (κ3) is 11.7. The van der Waals surface area contributed by atoms with Gasteiger partial charge in [0.2, 0.25) is 0 Å². The molecule has 500 valence electrons. The van der Waals surface area contributed by atoms with Crippen molar-refractivity contribution in [2.45, 2.75) is 38.5 Å². The van der Waals surface area contributed by atoms with E-state index in [4.69, 9.17) is 11.6 Å². The molecule has 2 aliphatic rings. The number of rotatable bonds is 9. The highest BCUT2D eigenvalue weighted by atomic mass is 35.5. The van der Waals surface area contributed by atoms with E-state index in [0.717, 1.165) is 39.0 Å². The zero-order chi connectivity index (χ0) is 70.8. The van der Waals surface area contributed by atoms with E-state index in [0.29, 0.717) is 0 Å². The van der Waals surface area contributed by atoms with Crippen molar-refractivity contribution < 1.29 is 0 Å². The van der Waals surface area contributed by atoms with Gasteiger partial charge in [-0.1, -0.05) is 330 Å². The molecule has 18 aromatic carbocycles. The molecule has 1 N–H and O–H groups in total. The number of hydrogen-bond acceptors (Lipinski definition) is 2. The monoisotopic (exact) mass is 1360 g/mol. The van der Waals surface area contributed by atoms with Crippen molar-refractivity contribution in [3.8, 4) is 66.8 Å². The molecule has 0 atom stereocenters. The quantitative estimate of drug-likeness (QED) is 0.145. The van der Waals surface area contributed by atoms with Crippen LogP contribution in [0.15, 0.2) is 376 Å². The van der Waals surface area contributed by atoms with Crippen molar-refractivity contribution in [1.82, 2.24) is 0 Å². The number of nitrogens with one attached hydrogen (secondary N) is 1. The Morgan fingerprint density at radius 2 is 0.533 bits per heavy atom. The lowest BCUT2D eigenvalue weighted by Crippen LogP contribution is -2.16. The first-order valence-electron chi connectivity index (χ1n) is 36.4. The van der Waals surface area contributed by atoms with Crippen molar-refractivity contribution in [3.05, 3.63) is 403 Å². The summed E-state index contributed by atoms with van der Waals surface area (Å²) in [5.74, 6) is 0. The first-order valence-corrected chi connectivity index (χ1v) is 36.8. The summed E-state index contributed by atoms with van der Waals surface area (Å²) in [7, 11) is 0. The van der Waals surface area contributed by atoms with Gasteiger partial charge in [-0.05, 0) is 239 Å². The first-order chi connectivity index (χ1) is 51.5. The summed E-state index contributed by atoms with van der Waals surface area (Å²) in [6, 6.07) is 136. The molecular formula is C102H75ClN2. The first kappa shape index (κ1) is 64.5. The van der Waals surface area contributed by atoms with Crippen LogP contribution in [0.25, 0.3) is 131 Å². The van der Waals surface area contributed by atoms with Crippen LogP contribution in [-0.4, -0.2) is 0 Å². The summed E-state index contributed by atoms with van der Waals surface area (Å²) < 4.78 is 0. The second-order valence-electron chi connectivity index (χ2n) is 28.9. The second kappa shape index (κ2) is 26.7. The molecule has 0 bridgehead atoms. The molecule has 0 spiro atoms. The van der Waals surface area contributed by atoms with E-state index >= 15 is 0 Å². The van der Waals surface area contributed by atoms with Crippen LogP contribution < -0.4 is 10.2 Å². The average Bonchev–Trinajstić information content (AvgIpc) is 1.72. The summed E-state index contributed by atoms with van der Waals surface area (Å²) in [6.07, 6.45) is 0. The maximum atomic E-state index is 6.19. The van der Waals surface area contributed by atoms with Gasteiger partial charge in [0, 0.05) is 44.3 Å². The lowest BCUT2D eigenvalue weighted by atomic mass is 9.82. The maximum Gasteiger partial charge on any atom is 0.0467 e. The summed E-state index contributed by atoms with van der Waals surface area (Å²) >= 11 is 6.19. The lowest BCUT2D eigenvalue weighted by molar-refractivity contribution is 0.660. The molecule has 0 unspecified atom stereocenters. The van der Waals surface area contributed by atoms with Gasteiger partial charge in [0.05, 0.1) is 0 Å². The molecule has 0 radical (unpaired) electrons. The maximum absolute atomic E-state index is 6.19. The summed E-state index contributed by atoms with van der Waals surface area (Å²) in [5, 5.41) is 19.9.